The Morgan fingerprint density at radius 2 is 1.55 bits per heavy atom. The number of ether oxygens (including phenoxy) is 8. The predicted octanol–water partition coefficient (Wildman–Crippen LogP) is 2.24. The number of nitrogens with zero attached hydrogens (tertiary/aromatic N) is 1. The first-order chi connectivity index (χ1) is 24.3. The predicted molar refractivity (Wildman–Crippen MR) is 174 cm³/mol. The molecule has 10 atom stereocenters. The first kappa shape index (κ1) is 37.4. The lowest BCUT2D eigenvalue weighted by Crippen LogP contribution is -2.64. The molecular weight excluding hydrogens is 672 g/mol. The van der Waals surface area contributed by atoms with E-state index in [2.05, 4.69) is 16.5 Å². The zero-order chi connectivity index (χ0) is 37.0. The number of aromatic amines is 1. The summed E-state index contributed by atoms with van der Waals surface area (Å²) in [7, 11) is 1.19. The van der Waals surface area contributed by atoms with Crippen molar-refractivity contribution in [2.24, 2.45) is 17.8 Å². The fourth-order valence-corrected chi connectivity index (χ4v) is 6.70. The van der Waals surface area contributed by atoms with Gasteiger partial charge in [-0.05, 0) is 24.5 Å². The van der Waals surface area contributed by atoms with Gasteiger partial charge in [-0.3, -0.25) is 29.0 Å². The number of para-hydroxylation sites is 1. The van der Waals surface area contributed by atoms with Crippen LogP contribution in [-0.4, -0.2) is 102 Å². The van der Waals surface area contributed by atoms with E-state index in [4.69, 9.17) is 37.9 Å². The summed E-state index contributed by atoms with van der Waals surface area (Å²) >= 11 is 0. The lowest BCUT2D eigenvalue weighted by atomic mass is 9.75. The minimum atomic E-state index is -1.77. The van der Waals surface area contributed by atoms with E-state index >= 15 is 0 Å². The van der Waals surface area contributed by atoms with Crippen molar-refractivity contribution in [3.05, 3.63) is 54.9 Å². The zero-order valence-electron chi connectivity index (χ0n) is 28.6. The van der Waals surface area contributed by atoms with E-state index in [1.807, 2.05) is 30.3 Å². The van der Waals surface area contributed by atoms with E-state index in [9.17, 15) is 29.1 Å². The number of rotatable bonds is 11. The van der Waals surface area contributed by atoms with Gasteiger partial charge in [-0.15, -0.1) is 6.58 Å². The Bertz CT molecular complexity index is 1790. The molecule has 274 valence electrons. The molecule has 2 aliphatic rings. The summed E-state index contributed by atoms with van der Waals surface area (Å²) in [5.74, 6) is -6.79. The second-order valence-corrected chi connectivity index (χ2v) is 12.2. The van der Waals surface area contributed by atoms with E-state index in [0.717, 1.165) is 49.5 Å². The summed E-state index contributed by atoms with van der Waals surface area (Å²) in [6.07, 6.45) is -7.36. The number of carbonyl (C=O) groups is 5. The van der Waals surface area contributed by atoms with Gasteiger partial charge in [0.1, 0.15) is 18.6 Å². The Morgan fingerprint density at radius 1 is 0.882 bits per heavy atom. The summed E-state index contributed by atoms with van der Waals surface area (Å²) in [4.78, 5) is 69.7. The summed E-state index contributed by atoms with van der Waals surface area (Å²) in [6, 6.07) is 9.59. The van der Waals surface area contributed by atoms with E-state index in [1.54, 1.807) is 6.20 Å². The first-order valence-electron chi connectivity index (χ1n) is 16.2. The molecule has 5 unspecified atom stereocenters. The second-order valence-electron chi connectivity index (χ2n) is 12.2. The molecule has 51 heavy (non-hydrogen) atoms. The Kier molecular flexibility index (Phi) is 11.7. The van der Waals surface area contributed by atoms with Gasteiger partial charge in [0.15, 0.2) is 30.9 Å². The molecule has 3 aromatic rings. The molecule has 0 radical (unpaired) electrons. The number of fused-ring (bicyclic) bond motifs is 3. The van der Waals surface area contributed by atoms with Crippen molar-refractivity contribution >= 4 is 51.7 Å². The number of pyridine rings is 1. The van der Waals surface area contributed by atoms with Crippen LogP contribution in [0.5, 0.6) is 0 Å². The van der Waals surface area contributed by atoms with Crippen LogP contribution in [0.2, 0.25) is 0 Å². The number of H-pyrrole nitrogens is 1. The number of aliphatic hydroxyl groups is 1. The summed E-state index contributed by atoms with van der Waals surface area (Å²) < 4.78 is 44.9. The molecule has 0 spiro atoms. The lowest BCUT2D eigenvalue weighted by molar-refractivity contribution is -0.375. The molecule has 2 saturated heterocycles. The molecule has 0 bridgehead atoms. The third kappa shape index (κ3) is 8.20. The van der Waals surface area contributed by atoms with Gasteiger partial charge in [0.2, 0.25) is 6.29 Å². The monoisotopic (exact) mass is 712 g/mol. The molecule has 0 aliphatic carbocycles. The number of aliphatic hydroxyl groups excluding tert-OH is 1. The molecule has 16 heteroatoms. The number of aromatic nitrogens is 2. The van der Waals surface area contributed by atoms with Crippen LogP contribution in [0.15, 0.2) is 49.2 Å². The fraction of sp³-hybridized carbons (Fsp3) is 0.486. The molecule has 1 aromatic carbocycles. The number of hydrogen-bond acceptors (Lipinski definition) is 15. The third-order valence-corrected chi connectivity index (χ3v) is 8.75. The summed E-state index contributed by atoms with van der Waals surface area (Å²) in [5, 5.41) is 13.2. The normalized spacial score (nSPS) is 29.1. The van der Waals surface area contributed by atoms with Crippen molar-refractivity contribution in [1.82, 2.24) is 9.97 Å². The van der Waals surface area contributed by atoms with Gasteiger partial charge in [-0.25, -0.2) is 0 Å². The minimum absolute atomic E-state index is 0.111. The maximum Gasteiger partial charge on any atom is 0.314 e. The van der Waals surface area contributed by atoms with Crippen molar-refractivity contribution in [2.75, 3.05) is 13.7 Å². The van der Waals surface area contributed by atoms with Crippen LogP contribution < -0.4 is 0 Å². The number of carbonyl (C=O) groups excluding carboxylic acids is 5. The molecular formula is C35H40N2O14. The molecule has 16 nitrogen and oxygen atoms in total. The van der Waals surface area contributed by atoms with E-state index < -0.39 is 97.5 Å². The van der Waals surface area contributed by atoms with Crippen LogP contribution in [0.4, 0.5) is 0 Å². The van der Waals surface area contributed by atoms with E-state index in [-0.39, 0.29) is 6.42 Å². The fourth-order valence-electron chi connectivity index (χ4n) is 6.70. The highest BCUT2D eigenvalue weighted by Crippen LogP contribution is 2.42. The van der Waals surface area contributed by atoms with Crippen molar-refractivity contribution in [3.63, 3.8) is 0 Å². The average Bonchev–Trinajstić information content (AvgIpc) is 3.45. The average molecular weight is 713 g/mol. The highest BCUT2D eigenvalue weighted by atomic mass is 16.8. The third-order valence-electron chi connectivity index (χ3n) is 8.75. The van der Waals surface area contributed by atoms with Gasteiger partial charge in [-0.2, -0.15) is 0 Å². The Labute approximate surface area is 292 Å². The highest BCUT2D eigenvalue weighted by molar-refractivity contribution is 6.07. The van der Waals surface area contributed by atoms with Gasteiger partial charge >= 0.3 is 29.8 Å². The van der Waals surface area contributed by atoms with Crippen LogP contribution in [0.1, 0.15) is 33.4 Å². The Hall–Kier alpha value is -4.90. The van der Waals surface area contributed by atoms with Crippen molar-refractivity contribution in [2.45, 2.75) is 77.4 Å². The van der Waals surface area contributed by atoms with Gasteiger partial charge in [0.05, 0.1) is 18.3 Å². The molecule has 2 N–H and O–H groups in total. The van der Waals surface area contributed by atoms with E-state index in [1.165, 1.54) is 13.2 Å². The topological polar surface area (TPSA) is 208 Å². The van der Waals surface area contributed by atoms with Gasteiger partial charge in [0, 0.05) is 56.1 Å². The molecule has 2 fully saturated rings. The maximum atomic E-state index is 13.2. The number of nitrogens with one attached hydrogen (secondary N) is 1. The molecule has 2 aromatic heterocycles. The highest BCUT2D eigenvalue weighted by Gasteiger charge is 2.56. The molecule has 0 saturated carbocycles. The van der Waals surface area contributed by atoms with Crippen LogP contribution in [0.25, 0.3) is 21.8 Å². The van der Waals surface area contributed by atoms with Gasteiger partial charge in [0.25, 0.3) is 0 Å². The molecule has 4 heterocycles. The second kappa shape index (κ2) is 16.0. The SMILES string of the molecule is C=CC1C(O[C@@H]2O[C@H](COC(C)=O)[C@@H](OC(C)=O)[C@@H](OC(C)=O)[C@H]2OC(C)=O)OC(O)C(C(=O)OC)C1Cc1nccc2c1[nH]c1ccccc12. The number of hydrogen-bond donors (Lipinski definition) is 2. The minimum Gasteiger partial charge on any atom is -0.469 e. The lowest BCUT2D eigenvalue weighted by Gasteiger charge is -2.47. The summed E-state index contributed by atoms with van der Waals surface area (Å²) in [5.41, 5.74) is 2.18. The number of benzene rings is 1. The van der Waals surface area contributed by atoms with Crippen LogP contribution in [0, 0.1) is 17.8 Å². The van der Waals surface area contributed by atoms with Crippen molar-refractivity contribution < 1.29 is 67.0 Å². The molecule has 5 rings (SSSR count). The number of esters is 5. The first-order valence-corrected chi connectivity index (χ1v) is 16.2. The van der Waals surface area contributed by atoms with Crippen LogP contribution in [-0.2, 0) is 68.3 Å². The smallest absolute Gasteiger partial charge is 0.314 e. The quantitative estimate of drug-likeness (QED) is 0.166. The zero-order valence-corrected chi connectivity index (χ0v) is 28.6. The van der Waals surface area contributed by atoms with Crippen molar-refractivity contribution in [3.8, 4) is 0 Å². The van der Waals surface area contributed by atoms with Crippen molar-refractivity contribution in [1.29, 1.82) is 0 Å². The van der Waals surface area contributed by atoms with E-state index in [0.29, 0.717) is 5.69 Å². The molecule has 0 amide bonds. The van der Waals surface area contributed by atoms with Gasteiger partial charge in [-0.1, -0.05) is 24.3 Å². The van der Waals surface area contributed by atoms with Crippen LogP contribution in [0.3, 0.4) is 0 Å². The largest absolute Gasteiger partial charge is 0.469 e. The number of methoxy groups -OCH3 is 1. The summed E-state index contributed by atoms with van der Waals surface area (Å²) in [6.45, 7) is 7.92. The Morgan fingerprint density at radius 3 is 2.20 bits per heavy atom. The molecule has 2 aliphatic heterocycles. The van der Waals surface area contributed by atoms with Gasteiger partial charge < -0.3 is 48.0 Å². The van der Waals surface area contributed by atoms with Crippen LogP contribution >= 0.6 is 0 Å². The standard InChI is InChI=1S/C35H40N2O14/c1-7-20-23(14-25-28-22(12-13-36-25)21-10-8-9-11-24(21)37-28)27(32(42)44-6)33(43)50-34(20)51-35-31(48-19(5)41)30(47-18(4)40)29(46-17(3)39)26(49-35)15-45-16(2)38/h7-13,20,23,26-27,29-31,33-35,37,43H,1,14-15H2,2-6H3/t20?,23?,26-,27?,29-,30-,31-,33?,34?,35+/m1/s1. The maximum absolute atomic E-state index is 13.2. The Balaban J connectivity index is 1.54.